The van der Waals surface area contributed by atoms with Gasteiger partial charge in [0.25, 0.3) is 5.91 Å². The molecule has 22 heavy (non-hydrogen) atoms. The number of methoxy groups -OCH3 is 1. The average Bonchev–Trinajstić information content (AvgIpc) is 3.01. The van der Waals surface area contributed by atoms with Crippen LogP contribution in [0, 0.1) is 0 Å². The molecular weight excluding hydrogens is 280 g/mol. The fraction of sp³-hybridized carbons (Fsp3) is 0.529. The minimum atomic E-state index is -0.414. The number of para-hydroxylation sites is 1. The van der Waals surface area contributed by atoms with Crippen molar-refractivity contribution in [2.75, 3.05) is 20.2 Å². The monoisotopic (exact) mass is 302 g/mol. The SMILES string of the molecule is COc1ccccc1C1CCN(C(=O)[C@@H]2CC(C)=NO2)CC1. The van der Waals surface area contributed by atoms with Gasteiger partial charge in [0.15, 0.2) is 0 Å². The number of piperidine rings is 1. The minimum Gasteiger partial charge on any atom is -0.496 e. The summed E-state index contributed by atoms with van der Waals surface area (Å²) in [5.41, 5.74) is 2.13. The number of amides is 1. The lowest BCUT2D eigenvalue weighted by Crippen LogP contribution is -2.43. The third-order valence-electron chi connectivity index (χ3n) is 4.48. The van der Waals surface area contributed by atoms with Crippen molar-refractivity contribution in [1.29, 1.82) is 0 Å². The summed E-state index contributed by atoms with van der Waals surface area (Å²) in [6.07, 6.45) is 2.12. The lowest BCUT2D eigenvalue weighted by Gasteiger charge is -2.33. The third kappa shape index (κ3) is 2.93. The van der Waals surface area contributed by atoms with Gasteiger partial charge in [-0.2, -0.15) is 0 Å². The second-order valence-electron chi connectivity index (χ2n) is 5.97. The molecule has 1 saturated heterocycles. The van der Waals surface area contributed by atoms with Gasteiger partial charge in [-0.3, -0.25) is 4.79 Å². The largest absolute Gasteiger partial charge is 0.496 e. The van der Waals surface area contributed by atoms with Crippen LogP contribution in [-0.4, -0.2) is 42.8 Å². The van der Waals surface area contributed by atoms with Crippen LogP contribution >= 0.6 is 0 Å². The van der Waals surface area contributed by atoms with Crippen LogP contribution in [0.3, 0.4) is 0 Å². The number of carbonyl (C=O) groups excluding carboxylic acids is 1. The minimum absolute atomic E-state index is 0.0686. The van der Waals surface area contributed by atoms with E-state index in [1.807, 2.05) is 30.0 Å². The van der Waals surface area contributed by atoms with E-state index in [-0.39, 0.29) is 5.91 Å². The molecule has 0 unspecified atom stereocenters. The van der Waals surface area contributed by atoms with Gasteiger partial charge >= 0.3 is 0 Å². The normalized spacial score (nSPS) is 22.2. The number of hydrogen-bond acceptors (Lipinski definition) is 4. The number of likely N-dealkylation sites (tertiary alicyclic amines) is 1. The van der Waals surface area contributed by atoms with Gasteiger partial charge in [0.1, 0.15) is 5.75 Å². The highest BCUT2D eigenvalue weighted by Gasteiger charge is 2.33. The summed E-state index contributed by atoms with van der Waals surface area (Å²) in [6, 6.07) is 8.15. The molecule has 1 aromatic rings. The van der Waals surface area contributed by atoms with Gasteiger partial charge in [-0.15, -0.1) is 0 Å². The van der Waals surface area contributed by atoms with Crippen LogP contribution < -0.4 is 4.74 Å². The zero-order valence-corrected chi connectivity index (χ0v) is 13.1. The fourth-order valence-corrected chi connectivity index (χ4v) is 3.25. The summed E-state index contributed by atoms with van der Waals surface area (Å²) < 4.78 is 5.45. The van der Waals surface area contributed by atoms with Crippen LogP contribution in [0.2, 0.25) is 0 Å². The maximum absolute atomic E-state index is 12.4. The fourth-order valence-electron chi connectivity index (χ4n) is 3.25. The van der Waals surface area contributed by atoms with E-state index in [9.17, 15) is 4.79 Å². The highest BCUT2D eigenvalue weighted by Crippen LogP contribution is 2.34. The van der Waals surface area contributed by atoms with E-state index in [1.165, 1.54) is 5.56 Å². The summed E-state index contributed by atoms with van der Waals surface area (Å²) >= 11 is 0. The molecule has 0 radical (unpaired) electrons. The molecule has 1 fully saturated rings. The zero-order chi connectivity index (χ0) is 15.5. The van der Waals surface area contributed by atoms with Crippen molar-refractivity contribution in [2.45, 2.75) is 38.2 Å². The van der Waals surface area contributed by atoms with Crippen molar-refractivity contribution < 1.29 is 14.4 Å². The first-order valence-electron chi connectivity index (χ1n) is 7.80. The molecule has 5 heteroatoms. The maximum atomic E-state index is 12.4. The van der Waals surface area contributed by atoms with Gasteiger partial charge < -0.3 is 14.5 Å². The molecule has 1 amide bonds. The van der Waals surface area contributed by atoms with Gasteiger partial charge in [-0.05, 0) is 37.3 Å². The van der Waals surface area contributed by atoms with E-state index < -0.39 is 6.10 Å². The smallest absolute Gasteiger partial charge is 0.266 e. The zero-order valence-electron chi connectivity index (χ0n) is 13.1. The number of rotatable bonds is 3. The number of ether oxygens (including phenoxy) is 1. The molecule has 5 nitrogen and oxygen atoms in total. The summed E-state index contributed by atoms with van der Waals surface area (Å²) in [5.74, 6) is 1.46. The highest BCUT2D eigenvalue weighted by atomic mass is 16.6. The van der Waals surface area contributed by atoms with E-state index >= 15 is 0 Å². The first-order chi connectivity index (χ1) is 10.7. The molecule has 0 bridgehead atoms. The third-order valence-corrected chi connectivity index (χ3v) is 4.48. The Bertz CT molecular complexity index is 577. The summed E-state index contributed by atoms with van der Waals surface area (Å²) in [4.78, 5) is 19.5. The first-order valence-corrected chi connectivity index (χ1v) is 7.80. The predicted molar refractivity (Wildman–Crippen MR) is 84.1 cm³/mol. The van der Waals surface area contributed by atoms with Crippen LogP contribution in [0.4, 0.5) is 0 Å². The van der Waals surface area contributed by atoms with Gasteiger partial charge in [-0.1, -0.05) is 23.4 Å². The quantitative estimate of drug-likeness (QED) is 0.862. The molecular formula is C17H22N2O3. The van der Waals surface area contributed by atoms with Crippen molar-refractivity contribution in [3.8, 4) is 5.75 Å². The Morgan fingerprint density at radius 2 is 2.05 bits per heavy atom. The van der Waals surface area contributed by atoms with Crippen molar-refractivity contribution in [1.82, 2.24) is 4.90 Å². The van der Waals surface area contributed by atoms with Gasteiger partial charge in [0.2, 0.25) is 6.10 Å². The summed E-state index contributed by atoms with van der Waals surface area (Å²) in [5, 5.41) is 3.87. The predicted octanol–water partition coefficient (Wildman–Crippen LogP) is 2.57. The Hall–Kier alpha value is -2.04. The van der Waals surface area contributed by atoms with E-state index in [0.29, 0.717) is 12.3 Å². The topological polar surface area (TPSA) is 51.1 Å². The molecule has 0 aromatic heterocycles. The standard InChI is InChI=1S/C17H22N2O3/c1-12-11-16(22-18-12)17(20)19-9-7-13(8-10-19)14-5-3-4-6-15(14)21-2/h3-6,13,16H,7-11H2,1-2H3/t16-/m0/s1. The van der Waals surface area contributed by atoms with E-state index in [4.69, 9.17) is 9.57 Å². The second kappa shape index (κ2) is 6.38. The first kappa shape index (κ1) is 14.9. The molecule has 3 rings (SSSR count). The molecule has 1 aromatic carbocycles. The van der Waals surface area contributed by atoms with Crippen molar-refractivity contribution in [3.05, 3.63) is 29.8 Å². The van der Waals surface area contributed by atoms with Crippen molar-refractivity contribution in [2.24, 2.45) is 5.16 Å². The van der Waals surface area contributed by atoms with E-state index in [1.54, 1.807) is 7.11 Å². The molecule has 0 saturated carbocycles. The molecule has 2 aliphatic rings. The highest BCUT2D eigenvalue weighted by molar-refractivity contribution is 5.91. The summed E-state index contributed by atoms with van der Waals surface area (Å²) in [6.45, 7) is 3.42. The molecule has 1 atom stereocenters. The number of nitrogens with zero attached hydrogens (tertiary/aromatic N) is 2. The van der Waals surface area contributed by atoms with Crippen LogP contribution in [0.1, 0.15) is 37.7 Å². The maximum Gasteiger partial charge on any atom is 0.266 e. The molecule has 0 spiro atoms. The Labute approximate surface area is 130 Å². The number of carbonyl (C=O) groups is 1. The van der Waals surface area contributed by atoms with Crippen LogP contribution in [0.15, 0.2) is 29.4 Å². The molecule has 118 valence electrons. The Morgan fingerprint density at radius 1 is 1.32 bits per heavy atom. The van der Waals surface area contributed by atoms with Crippen LogP contribution in [0.5, 0.6) is 5.75 Å². The number of benzene rings is 1. The van der Waals surface area contributed by atoms with Gasteiger partial charge in [0.05, 0.1) is 12.8 Å². The number of oxime groups is 1. The van der Waals surface area contributed by atoms with Gasteiger partial charge in [-0.25, -0.2) is 0 Å². The Balaban J connectivity index is 1.59. The molecule has 0 N–H and O–H groups in total. The Kier molecular flexibility index (Phi) is 4.32. The van der Waals surface area contributed by atoms with Crippen LogP contribution in [-0.2, 0) is 9.63 Å². The van der Waals surface area contributed by atoms with E-state index in [0.717, 1.165) is 37.4 Å². The number of hydrogen-bond donors (Lipinski definition) is 0. The van der Waals surface area contributed by atoms with Crippen molar-refractivity contribution in [3.63, 3.8) is 0 Å². The molecule has 2 aliphatic heterocycles. The van der Waals surface area contributed by atoms with Crippen molar-refractivity contribution >= 4 is 11.6 Å². The van der Waals surface area contributed by atoms with E-state index in [2.05, 4.69) is 11.2 Å². The Morgan fingerprint density at radius 3 is 2.68 bits per heavy atom. The lowest BCUT2D eigenvalue weighted by molar-refractivity contribution is -0.143. The second-order valence-corrected chi connectivity index (χ2v) is 5.97. The van der Waals surface area contributed by atoms with Crippen LogP contribution in [0.25, 0.3) is 0 Å². The molecule has 0 aliphatic carbocycles. The van der Waals surface area contributed by atoms with Gasteiger partial charge in [0, 0.05) is 19.5 Å². The molecule has 2 heterocycles. The summed E-state index contributed by atoms with van der Waals surface area (Å²) in [7, 11) is 1.71. The lowest BCUT2D eigenvalue weighted by atomic mass is 9.88. The average molecular weight is 302 g/mol.